The Balaban J connectivity index is 0.00000289. The molecule has 3 heteroatoms. The molecule has 1 aliphatic rings. The van der Waals surface area contributed by atoms with E-state index in [9.17, 15) is 0 Å². The molecule has 1 aliphatic carbocycles. The van der Waals surface area contributed by atoms with Crippen molar-refractivity contribution in [2.45, 2.75) is 77.1 Å². The predicted molar refractivity (Wildman–Crippen MR) is 75.8 cm³/mol. The molecule has 0 bridgehead atoms. The fourth-order valence-electron chi connectivity index (χ4n) is 2.17. The van der Waals surface area contributed by atoms with Gasteiger partial charge in [-0.3, -0.25) is 0 Å². The maximum atomic E-state index is 7.53. The van der Waals surface area contributed by atoms with Crippen molar-refractivity contribution < 1.29 is 23.3 Å². The van der Waals surface area contributed by atoms with Gasteiger partial charge in [0.15, 0.2) is 8.32 Å². The summed E-state index contributed by atoms with van der Waals surface area (Å²) in [6, 6.07) is 0. The molecule has 0 unspecified atom stereocenters. The summed E-state index contributed by atoms with van der Waals surface area (Å²) in [7, 11) is -1.76. The van der Waals surface area contributed by atoms with Gasteiger partial charge < -0.3 is 16.8 Å². The standard InChI is InChI=1S/C15H27OSi.Li/c1-7-14(13-11-9-8-10-12-13)16-17(5,6)15(2,3)4;/h13-14H,8-12H2,2-6H3;/q-1;+1/t14-;/m1./s1. The first kappa shape index (κ1) is 18.3. The van der Waals surface area contributed by atoms with Crippen LogP contribution in [0.3, 0.4) is 0 Å². The van der Waals surface area contributed by atoms with Crippen molar-refractivity contribution in [2.75, 3.05) is 0 Å². The van der Waals surface area contributed by atoms with E-state index in [4.69, 9.17) is 10.8 Å². The van der Waals surface area contributed by atoms with Gasteiger partial charge in [0, 0.05) is 0 Å². The monoisotopic (exact) mass is 258 g/mol. The van der Waals surface area contributed by atoms with E-state index in [0.717, 1.165) is 0 Å². The van der Waals surface area contributed by atoms with Crippen LogP contribution in [-0.2, 0) is 4.43 Å². The van der Waals surface area contributed by atoms with Gasteiger partial charge in [0.1, 0.15) is 0 Å². The normalized spacial score (nSPS) is 19.8. The summed E-state index contributed by atoms with van der Waals surface area (Å²) in [4.78, 5) is 0. The van der Waals surface area contributed by atoms with Crippen molar-refractivity contribution in [3.8, 4) is 5.92 Å². The average Bonchev–Trinajstić information content (AvgIpc) is 2.25. The minimum absolute atomic E-state index is 0. The molecule has 0 N–H and O–H groups in total. The van der Waals surface area contributed by atoms with Crippen molar-refractivity contribution in [3.63, 3.8) is 0 Å². The second kappa shape index (κ2) is 7.21. The van der Waals surface area contributed by atoms with Crippen LogP contribution < -0.4 is 18.9 Å². The molecule has 1 rings (SSSR count). The molecule has 0 aliphatic heterocycles. The maximum absolute atomic E-state index is 7.53. The van der Waals surface area contributed by atoms with Crippen molar-refractivity contribution >= 4 is 8.32 Å². The van der Waals surface area contributed by atoms with E-state index in [1.54, 1.807) is 0 Å². The molecule has 0 amide bonds. The molecule has 0 aromatic carbocycles. The van der Waals surface area contributed by atoms with E-state index >= 15 is 0 Å². The van der Waals surface area contributed by atoms with Crippen molar-refractivity contribution in [3.05, 3.63) is 6.42 Å². The topological polar surface area (TPSA) is 9.23 Å². The van der Waals surface area contributed by atoms with Crippen molar-refractivity contribution in [2.24, 2.45) is 5.92 Å². The molecule has 0 spiro atoms. The maximum Gasteiger partial charge on any atom is 1.00 e. The molecule has 0 saturated heterocycles. The Hall–Kier alpha value is 0.334. The zero-order valence-corrected chi connectivity index (χ0v) is 14.1. The Morgan fingerprint density at radius 2 is 1.67 bits per heavy atom. The van der Waals surface area contributed by atoms with Gasteiger partial charge in [0.05, 0.1) is 6.10 Å². The summed E-state index contributed by atoms with van der Waals surface area (Å²) < 4.78 is 6.33. The molecule has 0 heterocycles. The second-order valence-electron chi connectivity index (χ2n) is 6.84. The Morgan fingerprint density at radius 3 is 2.06 bits per heavy atom. The minimum Gasteiger partial charge on any atom is -0.691 e. The summed E-state index contributed by atoms with van der Waals surface area (Å²) in [6.45, 7) is 11.3. The third-order valence-electron chi connectivity index (χ3n) is 4.45. The van der Waals surface area contributed by atoms with Crippen LogP contribution in [0, 0.1) is 18.3 Å². The van der Waals surface area contributed by atoms with Gasteiger partial charge >= 0.3 is 18.9 Å². The zero-order valence-electron chi connectivity index (χ0n) is 13.1. The molecule has 0 aromatic rings. The number of hydrogen-bond donors (Lipinski definition) is 0. The first-order valence-electron chi connectivity index (χ1n) is 6.88. The molecule has 1 atom stereocenters. The molecule has 18 heavy (non-hydrogen) atoms. The molecule has 98 valence electrons. The number of rotatable bonds is 3. The van der Waals surface area contributed by atoms with Gasteiger partial charge in [0.25, 0.3) is 0 Å². The van der Waals surface area contributed by atoms with Crippen LogP contribution in [0.5, 0.6) is 0 Å². The summed E-state index contributed by atoms with van der Waals surface area (Å²) >= 11 is 0. The molecule has 0 aromatic heterocycles. The molecule has 0 radical (unpaired) electrons. The van der Waals surface area contributed by atoms with Gasteiger partial charge in [-0.15, -0.1) is 0 Å². The average molecular weight is 258 g/mol. The Bertz CT molecular complexity index is 282. The molecule has 1 nitrogen and oxygen atoms in total. The summed E-state index contributed by atoms with van der Waals surface area (Å²) in [5, 5.41) is 0.219. The second-order valence-corrected chi connectivity index (χ2v) is 11.6. The first-order valence-corrected chi connectivity index (χ1v) is 9.79. The SMILES string of the molecule is [C-]#C[C@@H](O[Si](C)(C)C(C)(C)C)C1CCCCC1.[Li+]. The fraction of sp³-hybridized carbons (Fsp3) is 0.867. The van der Waals surface area contributed by atoms with E-state index in [2.05, 4.69) is 39.8 Å². The largest absolute Gasteiger partial charge is 1.00 e. The van der Waals surface area contributed by atoms with Crippen LogP contribution >= 0.6 is 0 Å². The van der Waals surface area contributed by atoms with Crippen molar-refractivity contribution in [1.29, 1.82) is 0 Å². The van der Waals surface area contributed by atoms with Gasteiger partial charge in [-0.05, 0) is 36.9 Å². The smallest absolute Gasteiger partial charge is 0.691 e. The Labute approximate surface area is 127 Å². The Kier molecular flexibility index (Phi) is 7.34. The molecular formula is C15H27LiOSi. The minimum atomic E-state index is -1.76. The quantitative estimate of drug-likeness (QED) is 0.424. The van der Waals surface area contributed by atoms with E-state index in [1.807, 2.05) is 0 Å². The van der Waals surface area contributed by atoms with Gasteiger partial charge in [0.2, 0.25) is 0 Å². The fourth-order valence-corrected chi connectivity index (χ4v) is 3.41. The molecular weight excluding hydrogens is 231 g/mol. The van der Waals surface area contributed by atoms with Crippen LogP contribution in [0.4, 0.5) is 0 Å². The third-order valence-corrected chi connectivity index (χ3v) is 8.90. The van der Waals surface area contributed by atoms with Gasteiger partial charge in [-0.1, -0.05) is 40.0 Å². The molecule has 1 fully saturated rings. The summed E-state index contributed by atoms with van der Waals surface area (Å²) in [5.41, 5.74) is 0. The third kappa shape index (κ3) is 4.78. The van der Waals surface area contributed by atoms with Crippen LogP contribution in [0.2, 0.25) is 18.1 Å². The predicted octanol–water partition coefficient (Wildman–Crippen LogP) is 1.55. The first-order chi connectivity index (χ1) is 7.78. The van der Waals surface area contributed by atoms with Gasteiger partial charge in [-0.25, -0.2) is 0 Å². The van der Waals surface area contributed by atoms with Crippen LogP contribution in [-0.4, -0.2) is 14.4 Å². The summed E-state index contributed by atoms with van der Waals surface area (Å²) in [5.74, 6) is 3.20. The Morgan fingerprint density at radius 1 is 1.17 bits per heavy atom. The summed E-state index contributed by atoms with van der Waals surface area (Å²) in [6.07, 6.45) is 13.8. The number of hydrogen-bond acceptors (Lipinski definition) is 1. The van der Waals surface area contributed by atoms with Crippen molar-refractivity contribution in [1.82, 2.24) is 0 Å². The zero-order chi connectivity index (χ0) is 13.1. The van der Waals surface area contributed by atoms with E-state index in [-0.39, 0.29) is 30.0 Å². The van der Waals surface area contributed by atoms with E-state index in [0.29, 0.717) is 5.92 Å². The van der Waals surface area contributed by atoms with E-state index < -0.39 is 8.32 Å². The van der Waals surface area contributed by atoms with E-state index in [1.165, 1.54) is 32.1 Å². The molecule has 1 saturated carbocycles. The van der Waals surface area contributed by atoms with Gasteiger partial charge in [-0.2, -0.15) is 0 Å². The van der Waals surface area contributed by atoms with Crippen LogP contribution in [0.25, 0.3) is 0 Å². The van der Waals surface area contributed by atoms with Crippen LogP contribution in [0.1, 0.15) is 52.9 Å². The van der Waals surface area contributed by atoms with Crippen LogP contribution in [0.15, 0.2) is 0 Å².